The smallest absolute Gasteiger partial charge is 0.135 e. The fraction of sp³-hybridized carbons (Fsp3) is 0.692. The van der Waals surface area contributed by atoms with Crippen molar-refractivity contribution in [3.05, 3.63) is 23.8 Å². The molecule has 0 aromatic carbocycles. The number of allylic oxidation sites excluding steroid dienone is 3. The van der Waals surface area contributed by atoms with Gasteiger partial charge >= 0.3 is 0 Å². The van der Waals surface area contributed by atoms with E-state index in [2.05, 4.69) is 13.5 Å². The molecule has 2 rings (SSSR count). The molecular formula is C13H19F. The van der Waals surface area contributed by atoms with E-state index in [1.54, 1.807) is 0 Å². The van der Waals surface area contributed by atoms with Crippen LogP contribution in [0.3, 0.4) is 0 Å². The highest BCUT2D eigenvalue weighted by Crippen LogP contribution is 2.56. The standard InChI is InChI=1S/C13H19F/c1-4-11-7-9(2)5-6-12(11)13(14)8-10(13)3/h4,9-10H,1,5-8H2,2-3H3. The highest BCUT2D eigenvalue weighted by molar-refractivity contribution is 5.38. The van der Waals surface area contributed by atoms with E-state index in [4.69, 9.17) is 0 Å². The van der Waals surface area contributed by atoms with E-state index in [-0.39, 0.29) is 5.92 Å². The Morgan fingerprint density at radius 2 is 2.14 bits per heavy atom. The number of alkyl halides is 1. The second-order valence-electron chi connectivity index (χ2n) is 5.02. The van der Waals surface area contributed by atoms with Crippen molar-refractivity contribution in [2.24, 2.45) is 11.8 Å². The van der Waals surface area contributed by atoms with Crippen molar-refractivity contribution < 1.29 is 4.39 Å². The first-order valence-electron chi connectivity index (χ1n) is 5.61. The zero-order valence-corrected chi connectivity index (χ0v) is 9.15. The Balaban J connectivity index is 2.27. The average molecular weight is 194 g/mol. The largest absolute Gasteiger partial charge is 0.239 e. The molecule has 0 nitrogen and oxygen atoms in total. The van der Waals surface area contributed by atoms with Gasteiger partial charge in [0, 0.05) is 0 Å². The van der Waals surface area contributed by atoms with Crippen molar-refractivity contribution in [1.82, 2.24) is 0 Å². The van der Waals surface area contributed by atoms with E-state index in [1.807, 2.05) is 13.0 Å². The number of hydrogen-bond acceptors (Lipinski definition) is 0. The molecule has 0 aliphatic heterocycles. The highest BCUT2D eigenvalue weighted by Gasteiger charge is 2.55. The lowest BCUT2D eigenvalue weighted by Crippen LogP contribution is -2.16. The molecule has 0 spiro atoms. The van der Waals surface area contributed by atoms with Gasteiger partial charge in [0.1, 0.15) is 5.67 Å². The Labute approximate surface area is 85.9 Å². The van der Waals surface area contributed by atoms with Crippen molar-refractivity contribution in [2.75, 3.05) is 0 Å². The Bertz CT molecular complexity index is 290. The lowest BCUT2D eigenvalue weighted by atomic mass is 9.82. The minimum absolute atomic E-state index is 0.237. The van der Waals surface area contributed by atoms with Crippen molar-refractivity contribution in [3.8, 4) is 0 Å². The summed E-state index contributed by atoms with van der Waals surface area (Å²) in [6.07, 6.45) is 5.72. The molecule has 0 amide bonds. The normalized spacial score (nSPS) is 42.5. The van der Waals surface area contributed by atoms with Gasteiger partial charge in [-0.05, 0) is 48.7 Å². The van der Waals surface area contributed by atoms with Gasteiger partial charge in [-0.2, -0.15) is 0 Å². The lowest BCUT2D eigenvalue weighted by Gasteiger charge is -2.25. The Morgan fingerprint density at radius 1 is 1.50 bits per heavy atom. The zero-order valence-electron chi connectivity index (χ0n) is 9.15. The summed E-state index contributed by atoms with van der Waals surface area (Å²) < 4.78 is 14.2. The third-order valence-corrected chi connectivity index (χ3v) is 3.82. The molecule has 3 unspecified atom stereocenters. The summed E-state index contributed by atoms with van der Waals surface area (Å²) in [4.78, 5) is 0. The van der Waals surface area contributed by atoms with Gasteiger partial charge in [-0.15, -0.1) is 0 Å². The molecule has 0 aromatic heterocycles. The first-order valence-corrected chi connectivity index (χ1v) is 5.61. The third-order valence-electron chi connectivity index (χ3n) is 3.82. The maximum absolute atomic E-state index is 14.2. The molecule has 0 bridgehead atoms. The van der Waals surface area contributed by atoms with E-state index in [1.165, 1.54) is 5.57 Å². The maximum Gasteiger partial charge on any atom is 0.135 e. The summed E-state index contributed by atoms with van der Waals surface area (Å²) in [6, 6.07) is 0. The molecule has 1 heteroatoms. The van der Waals surface area contributed by atoms with Crippen molar-refractivity contribution in [3.63, 3.8) is 0 Å². The third kappa shape index (κ3) is 1.43. The van der Waals surface area contributed by atoms with Crippen LogP contribution in [0.2, 0.25) is 0 Å². The van der Waals surface area contributed by atoms with Gasteiger partial charge in [-0.3, -0.25) is 0 Å². The van der Waals surface area contributed by atoms with Gasteiger partial charge in [-0.25, -0.2) is 4.39 Å². The second-order valence-corrected chi connectivity index (χ2v) is 5.02. The molecule has 2 aliphatic rings. The molecule has 78 valence electrons. The van der Waals surface area contributed by atoms with Gasteiger partial charge in [0.15, 0.2) is 0 Å². The minimum Gasteiger partial charge on any atom is -0.239 e. The summed E-state index contributed by atoms with van der Waals surface area (Å²) in [5.41, 5.74) is 1.30. The zero-order chi connectivity index (χ0) is 10.3. The van der Waals surface area contributed by atoms with Gasteiger partial charge < -0.3 is 0 Å². The van der Waals surface area contributed by atoms with E-state index < -0.39 is 5.67 Å². The summed E-state index contributed by atoms with van der Waals surface area (Å²) in [5, 5.41) is 0. The highest BCUT2D eigenvalue weighted by atomic mass is 19.1. The second kappa shape index (κ2) is 3.22. The van der Waals surface area contributed by atoms with Crippen molar-refractivity contribution in [2.45, 2.75) is 45.2 Å². The van der Waals surface area contributed by atoms with Crippen LogP contribution in [0.4, 0.5) is 4.39 Å². The molecule has 3 atom stereocenters. The van der Waals surface area contributed by atoms with Gasteiger partial charge in [0.05, 0.1) is 0 Å². The number of halogens is 1. The van der Waals surface area contributed by atoms with Crippen molar-refractivity contribution in [1.29, 1.82) is 0 Å². The van der Waals surface area contributed by atoms with Crippen LogP contribution in [0.25, 0.3) is 0 Å². The topological polar surface area (TPSA) is 0 Å². The first kappa shape index (κ1) is 9.95. The van der Waals surface area contributed by atoms with Crippen LogP contribution in [0.15, 0.2) is 23.8 Å². The summed E-state index contributed by atoms with van der Waals surface area (Å²) >= 11 is 0. The van der Waals surface area contributed by atoms with Gasteiger partial charge in [0.25, 0.3) is 0 Å². The number of rotatable bonds is 2. The van der Waals surface area contributed by atoms with E-state index in [9.17, 15) is 4.39 Å². The molecule has 2 aliphatic carbocycles. The molecule has 1 saturated carbocycles. The van der Waals surface area contributed by atoms with Crippen LogP contribution in [-0.2, 0) is 0 Å². The molecular weight excluding hydrogens is 175 g/mol. The predicted molar refractivity (Wildman–Crippen MR) is 57.9 cm³/mol. The van der Waals surface area contributed by atoms with Crippen LogP contribution < -0.4 is 0 Å². The van der Waals surface area contributed by atoms with Crippen LogP contribution in [0.1, 0.15) is 39.5 Å². The molecule has 1 fully saturated rings. The Morgan fingerprint density at radius 3 is 2.64 bits per heavy atom. The van der Waals surface area contributed by atoms with Crippen molar-refractivity contribution >= 4 is 0 Å². The molecule has 14 heavy (non-hydrogen) atoms. The average Bonchev–Trinajstić information content (AvgIpc) is 2.75. The summed E-state index contributed by atoms with van der Waals surface area (Å²) in [5.74, 6) is 0.935. The SMILES string of the molecule is C=CC1=C(C2(F)CC2C)CCC(C)C1. The fourth-order valence-corrected chi connectivity index (χ4v) is 2.64. The van der Waals surface area contributed by atoms with E-state index in [0.29, 0.717) is 5.92 Å². The minimum atomic E-state index is -0.955. The molecule has 0 heterocycles. The molecule has 0 saturated heterocycles. The van der Waals surface area contributed by atoms with Crippen LogP contribution in [0, 0.1) is 11.8 Å². The predicted octanol–water partition coefficient (Wildman–Crippen LogP) is 4.04. The molecule has 0 N–H and O–H groups in total. The fourth-order valence-electron chi connectivity index (χ4n) is 2.64. The number of hydrogen-bond donors (Lipinski definition) is 0. The summed E-state index contributed by atoms with van der Waals surface area (Å²) in [7, 11) is 0. The van der Waals surface area contributed by atoms with Gasteiger partial charge in [-0.1, -0.05) is 26.5 Å². The lowest BCUT2D eigenvalue weighted by molar-refractivity contribution is 0.311. The Hall–Kier alpha value is -0.590. The quantitative estimate of drug-likeness (QED) is 0.622. The van der Waals surface area contributed by atoms with Crippen LogP contribution in [-0.4, -0.2) is 5.67 Å². The van der Waals surface area contributed by atoms with Gasteiger partial charge in [0.2, 0.25) is 0 Å². The maximum atomic E-state index is 14.2. The summed E-state index contributed by atoms with van der Waals surface area (Å²) in [6.45, 7) is 8.05. The molecule has 0 aromatic rings. The molecule has 0 radical (unpaired) electrons. The first-order chi connectivity index (χ1) is 6.58. The van der Waals surface area contributed by atoms with E-state index in [0.717, 1.165) is 31.3 Å². The van der Waals surface area contributed by atoms with E-state index >= 15 is 0 Å². The Kier molecular flexibility index (Phi) is 2.29. The monoisotopic (exact) mass is 194 g/mol. The van der Waals surface area contributed by atoms with Crippen LogP contribution in [0.5, 0.6) is 0 Å². The van der Waals surface area contributed by atoms with Crippen LogP contribution >= 0.6 is 0 Å².